The van der Waals surface area contributed by atoms with Crippen molar-refractivity contribution in [2.75, 3.05) is 0 Å². The molecular weight excluding hydrogens is 877 g/mol. The van der Waals surface area contributed by atoms with Gasteiger partial charge in [-0.15, -0.1) is 0 Å². The fourth-order valence-corrected chi connectivity index (χ4v) is 20.4. The van der Waals surface area contributed by atoms with Gasteiger partial charge in [-0.3, -0.25) is 0 Å². The molecule has 0 aliphatic heterocycles. The van der Waals surface area contributed by atoms with Crippen LogP contribution in [-0.2, 0) is 0 Å². The van der Waals surface area contributed by atoms with E-state index in [0.29, 0.717) is 37.9 Å². The molecule has 10 aliphatic carbocycles. The Balaban J connectivity index is 0. The van der Waals surface area contributed by atoms with Gasteiger partial charge in [0.25, 0.3) is 0 Å². The van der Waals surface area contributed by atoms with Crippen molar-refractivity contribution < 1.29 is 0 Å². The Morgan fingerprint density at radius 1 is 0.342 bits per heavy atom. The van der Waals surface area contributed by atoms with Gasteiger partial charge in [0.2, 0.25) is 0 Å². The van der Waals surface area contributed by atoms with E-state index in [2.05, 4.69) is 61.5 Å². The Morgan fingerprint density at radius 2 is 0.781 bits per heavy atom. The maximum atomic E-state index is 2.86. The Labute approximate surface area is 467 Å². The lowest BCUT2D eigenvalue weighted by molar-refractivity contribution is -0.220. The lowest BCUT2D eigenvalue weighted by Crippen LogP contribution is -2.63. The third-order valence-corrected chi connectivity index (χ3v) is 24.1. The average Bonchev–Trinajstić information content (AvgIpc) is 3.91. The first-order chi connectivity index (χ1) is 35.3. The highest BCUT2D eigenvalue weighted by molar-refractivity contribution is 5.33. The highest BCUT2D eigenvalue weighted by Crippen LogP contribution is 2.77. The number of hydrogen-bond acceptors (Lipinski definition) is 0. The van der Waals surface area contributed by atoms with Crippen LogP contribution in [0.5, 0.6) is 0 Å². The van der Waals surface area contributed by atoms with Crippen molar-refractivity contribution in [1.82, 2.24) is 0 Å². The molecule has 15 unspecified atom stereocenters. The Bertz CT molecular complexity index is 1400. The van der Waals surface area contributed by atoms with Crippen molar-refractivity contribution in [2.45, 2.75) is 374 Å². The van der Waals surface area contributed by atoms with Gasteiger partial charge in [0, 0.05) is 0 Å². The fraction of sp³-hybridized carbons (Fsp3) is 0.973. The zero-order chi connectivity index (χ0) is 57.1. The third kappa shape index (κ3) is 13.8. The van der Waals surface area contributed by atoms with Crippen LogP contribution in [0.3, 0.4) is 0 Å². The van der Waals surface area contributed by atoms with Gasteiger partial charge in [-0.25, -0.2) is 0 Å². The molecule has 0 aromatic heterocycles. The molecule has 0 heterocycles. The van der Waals surface area contributed by atoms with E-state index >= 15 is 0 Å². The van der Waals surface area contributed by atoms with Crippen LogP contribution in [0.25, 0.3) is 0 Å². The minimum atomic E-state index is 0.488. The minimum absolute atomic E-state index is 0.488. The highest BCUT2D eigenvalue weighted by Gasteiger charge is 2.68. The lowest BCUT2D eigenvalue weighted by Gasteiger charge is -2.71. The van der Waals surface area contributed by atoms with Crippen molar-refractivity contribution in [3.05, 3.63) is 11.6 Å². The maximum Gasteiger partial charge on any atom is -0.00565 e. The van der Waals surface area contributed by atoms with Crippen molar-refractivity contribution in [2.24, 2.45) is 84.7 Å². The number of hydrogen-bond donors (Lipinski definition) is 0. The van der Waals surface area contributed by atoms with E-state index in [-0.39, 0.29) is 0 Å². The Hall–Kier alpha value is -0.260. The van der Waals surface area contributed by atoms with Crippen LogP contribution in [-0.4, -0.2) is 0 Å². The summed E-state index contributed by atoms with van der Waals surface area (Å²) in [6, 6.07) is 0. The summed E-state index contributed by atoms with van der Waals surface area (Å²) >= 11 is 0. The molecule has 73 heavy (non-hydrogen) atoms. The summed E-state index contributed by atoms with van der Waals surface area (Å²) in [7, 11) is 0. The first-order valence-electron chi connectivity index (χ1n) is 35.0. The second kappa shape index (κ2) is 35.4. The van der Waals surface area contributed by atoms with E-state index in [1.54, 1.807) is 64.2 Å². The van der Waals surface area contributed by atoms with Gasteiger partial charge in [-0.1, -0.05) is 257 Å². The molecule has 0 nitrogen and oxygen atoms in total. The normalized spacial score (nSPS) is 42.1. The molecule has 0 bridgehead atoms. The van der Waals surface area contributed by atoms with E-state index in [1.807, 2.05) is 144 Å². The van der Waals surface area contributed by atoms with Gasteiger partial charge in [-0.2, -0.15) is 0 Å². The summed E-state index contributed by atoms with van der Waals surface area (Å²) < 4.78 is 0. The SMILES string of the molecule is CC.CC.CC.CC.CC.CC.CC.CC.CC.CC.CCC12CCCC1C1CCC3C4(C)CCCCC4CCC3(C)C1(C)CC2.CCC12CCCCC1C1=CCC3C4(C)CCCCC4CCC3(C)C1(C)CC2. The maximum absolute atomic E-state index is 2.86. The summed E-state index contributed by atoms with van der Waals surface area (Å²) in [5.41, 5.74) is 6.98. The van der Waals surface area contributed by atoms with E-state index in [9.17, 15) is 0 Å². The molecule has 10 rings (SSSR count). The summed E-state index contributed by atoms with van der Waals surface area (Å²) in [5.74, 6) is 7.07. The molecule has 440 valence electrons. The van der Waals surface area contributed by atoms with Crippen LogP contribution in [0.1, 0.15) is 374 Å². The van der Waals surface area contributed by atoms with Crippen LogP contribution < -0.4 is 0 Å². The summed E-state index contributed by atoms with van der Waals surface area (Å²) in [6.07, 6.45) is 45.3. The quantitative estimate of drug-likeness (QED) is 0.242. The molecule has 0 radical (unpaired) electrons. The molecule has 15 atom stereocenters. The Kier molecular flexibility index (Phi) is 36.3. The second-order valence-corrected chi connectivity index (χ2v) is 24.5. The number of rotatable bonds is 2. The molecule has 9 fully saturated rings. The molecule has 0 amide bonds. The molecule has 0 saturated heterocycles. The van der Waals surface area contributed by atoms with Crippen LogP contribution in [0.15, 0.2) is 11.6 Å². The van der Waals surface area contributed by atoms with Crippen molar-refractivity contribution in [3.63, 3.8) is 0 Å². The standard InChI is InChI=1S/C27H44.C26H44.10C2H6/c1-5-27-16-9-7-11-22(27)21-12-13-23-24(2)15-8-6-10-20(24)14-17-26(23,4)25(21,3)18-19-27;1-5-26-15-8-10-21(26)20-11-12-22-23(2)14-7-6-9-19(23)13-16-25(22,4)24(20,3)17-18-26;10*1-2/h12,20,22-23H,5-11,13-19H2,1-4H3;19-22H,5-18H2,1-4H3;10*1-2H3. The number of allylic oxidation sites excluding steroid dienone is 2. The van der Waals surface area contributed by atoms with Crippen molar-refractivity contribution >= 4 is 0 Å². The molecule has 0 aromatic rings. The zero-order valence-corrected chi connectivity index (χ0v) is 56.9. The van der Waals surface area contributed by atoms with Gasteiger partial charge < -0.3 is 0 Å². The smallest absolute Gasteiger partial charge is 0.00565 e. The summed E-state index contributed by atoms with van der Waals surface area (Å²) in [5, 5.41) is 0. The molecule has 9 saturated carbocycles. The van der Waals surface area contributed by atoms with E-state index in [4.69, 9.17) is 0 Å². The van der Waals surface area contributed by atoms with Crippen molar-refractivity contribution in [1.29, 1.82) is 0 Å². The van der Waals surface area contributed by atoms with E-state index in [1.165, 1.54) is 116 Å². The van der Waals surface area contributed by atoms with Crippen LogP contribution in [0.4, 0.5) is 0 Å². The lowest BCUT2D eigenvalue weighted by atomic mass is 9.34. The molecular formula is C73H148. The van der Waals surface area contributed by atoms with Gasteiger partial charge in [0.15, 0.2) is 0 Å². The van der Waals surface area contributed by atoms with E-state index < -0.39 is 0 Å². The van der Waals surface area contributed by atoms with Gasteiger partial charge in [0.1, 0.15) is 0 Å². The highest BCUT2D eigenvalue weighted by atomic mass is 14.7. The molecule has 0 spiro atoms. The first-order valence-corrected chi connectivity index (χ1v) is 35.0. The summed E-state index contributed by atoms with van der Waals surface area (Å²) in [6.45, 7) is 61.6. The van der Waals surface area contributed by atoms with Crippen LogP contribution in [0.2, 0.25) is 0 Å². The van der Waals surface area contributed by atoms with Gasteiger partial charge in [-0.05, 0) is 213 Å². The molecule has 0 N–H and O–H groups in total. The largest absolute Gasteiger partial charge is 0.0841 e. The minimum Gasteiger partial charge on any atom is -0.0841 e. The Morgan fingerprint density at radius 3 is 1.29 bits per heavy atom. The zero-order valence-electron chi connectivity index (χ0n) is 56.9. The molecule has 0 aromatic carbocycles. The predicted octanol–water partition coefficient (Wildman–Crippen LogP) is 26.6. The predicted molar refractivity (Wildman–Crippen MR) is 340 cm³/mol. The van der Waals surface area contributed by atoms with Crippen LogP contribution >= 0.6 is 0 Å². The van der Waals surface area contributed by atoms with E-state index in [0.717, 1.165) is 46.8 Å². The summed E-state index contributed by atoms with van der Waals surface area (Å²) in [4.78, 5) is 0. The van der Waals surface area contributed by atoms with Crippen LogP contribution in [0, 0.1) is 84.7 Å². The van der Waals surface area contributed by atoms with Crippen molar-refractivity contribution in [3.8, 4) is 0 Å². The monoisotopic (exact) mass is 1030 g/mol. The third-order valence-electron chi connectivity index (χ3n) is 24.1. The second-order valence-electron chi connectivity index (χ2n) is 24.5. The number of fused-ring (bicyclic) bond motifs is 14. The van der Waals surface area contributed by atoms with Gasteiger partial charge >= 0.3 is 0 Å². The van der Waals surface area contributed by atoms with Gasteiger partial charge in [0.05, 0.1) is 0 Å². The molecule has 0 heteroatoms. The topological polar surface area (TPSA) is 0 Å². The fourth-order valence-electron chi connectivity index (χ4n) is 20.4. The first kappa shape index (κ1) is 74.8. The average molecular weight is 1030 g/mol. The molecule has 10 aliphatic rings.